The highest BCUT2D eigenvalue weighted by Gasteiger charge is 2.18. The Morgan fingerprint density at radius 2 is 2.06 bits per heavy atom. The minimum Gasteiger partial charge on any atom is -0.494 e. The van der Waals surface area contributed by atoms with E-state index in [-0.39, 0.29) is 18.1 Å². The highest BCUT2D eigenvalue weighted by molar-refractivity contribution is 5.31. The third-order valence-electron chi connectivity index (χ3n) is 2.78. The Balaban J connectivity index is 2.74. The first kappa shape index (κ1) is 13.9. The second-order valence-corrected chi connectivity index (χ2v) is 4.14. The average Bonchev–Trinajstić information content (AvgIpc) is 2.32. The van der Waals surface area contributed by atoms with Crippen molar-refractivity contribution < 1.29 is 19.0 Å². The van der Waals surface area contributed by atoms with Gasteiger partial charge in [0.05, 0.1) is 19.8 Å². The van der Waals surface area contributed by atoms with Crippen LogP contribution in [0.1, 0.15) is 12.5 Å². The third kappa shape index (κ3) is 3.68. The molecule has 2 unspecified atom stereocenters. The maximum Gasteiger partial charge on any atom is 0.168 e. The second kappa shape index (κ2) is 6.57. The molecule has 0 aliphatic heterocycles. The minimum absolute atomic E-state index is 0.0365. The van der Waals surface area contributed by atoms with Gasteiger partial charge < -0.3 is 14.6 Å². The molecule has 0 aliphatic carbocycles. The van der Waals surface area contributed by atoms with E-state index in [2.05, 4.69) is 0 Å². The normalized spacial score (nSPS) is 14.4. The zero-order valence-electron chi connectivity index (χ0n) is 10.4. The van der Waals surface area contributed by atoms with Crippen molar-refractivity contribution in [1.82, 2.24) is 0 Å². The molecule has 0 amide bonds. The standard InChI is InChI=1S/C13H19FO3/c1-9(8-16-2)11(15)7-10-5-4-6-12(17-3)13(10)14/h4-6,9,11,15H,7-8H2,1-3H3. The van der Waals surface area contributed by atoms with E-state index in [1.54, 1.807) is 25.3 Å². The molecule has 0 saturated carbocycles. The topological polar surface area (TPSA) is 38.7 Å². The molecule has 17 heavy (non-hydrogen) atoms. The van der Waals surface area contributed by atoms with Gasteiger partial charge in [-0.15, -0.1) is 0 Å². The lowest BCUT2D eigenvalue weighted by Crippen LogP contribution is -2.24. The lowest BCUT2D eigenvalue weighted by Gasteiger charge is -2.18. The minimum atomic E-state index is -0.628. The van der Waals surface area contributed by atoms with Gasteiger partial charge >= 0.3 is 0 Å². The second-order valence-electron chi connectivity index (χ2n) is 4.14. The fourth-order valence-electron chi connectivity index (χ4n) is 1.67. The fourth-order valence-corrected chi connectivity index (χ4v) is 1.67. The highest BCUT2D eigenvalue weighted by Crippen LogP contribution is 2.22. The number of ether oxygens (including phenoxy) is 2. The van der Waals surface area contributed by atoms with Crippen molar-refractivity contribution in [3.63, 3.8) is 0 Å². The van der Waals surface area contributed by atoms with Crippen molar-refractivity contribution in [2.45, 2.75) is 19.4 Å². The Morgan fingerprint density at radius 1 is 1.35 bits per heavy atom. The van der Waals surface area contributed by atoms with E-state index in [1.807, 2.05) is 6.92 Å². The smallest absolute Gasteiger partial charge is 0.168 e. The number of halogens is 1. The Morgan fingerprint density at radius 3 is 2.65 bits per heavy atom. The average molecular weight is 242 g/mol. The maximum absolute atomic E-state index is 13.8. The van der Waals surface area contributed by atoms with Crippen LogP contribution < -0.4 is 4.74 Å². The number of aliphatic hydroxyl groups excluding tert-OH is 1. The Hall–Kier alpha value is -1.13. The van der Waals surface area contributed by atoms with Gasteiger partial charge in [-0.1, -0.05) is 19.1 Å². The number of methoxy groups -OCH3 is 2. The van der Waals surface area contributed by atoms with Gasteiger partial charge in [0.15, 0.2) is 11.6 Å². The molecule has 0 fully saturated rings. The van der Waals surface area contributed by atoms with Crippen molar-refractivity contribution in [1.29, 1.82) is 0 Å². The Labute approximate surface area is 101 Å². The van der Waals surface area contributed by atoms with E-state index in [0.717, 1.165) is 0 Å². The molecular formula is C13H19FO3. The molecule has 0 radical (unpaired) electrons. The number of aliphatic hydroxyl groups is 1. The molecule has 3 nitrogen and oxygen atoms in total. The predicted molar refractivity (Wildman–Crippen MR) is 63.7 cm³/mol. The predicted octanol–water partition coefficient (Wildman–Crippen LogP) is 2.02. The first-order valence-corrected chi connectivity index (χ1v) is 5.58. The van der Waals surface area contributed by atoms with E-state index in [1.165, 1.54) is 7.11 Å². The Bertz CT molecular complexity index is 355. The number of rotatable bonds is 6. The summed E-state index contributed by atoms with van der Waals surface area (Å²) in [4.78, 5) is 0. The Kier molecular flexibility index (Phi) is 5.38. The van der Waals surface area contributed by atoms with Crippen molar-refractivity contribution >= 4 is 0 Å². The lowest BCUT2D eigenvalue weighted by atomic mass is 9.98. The van der Waals surface area contributed by atoms with Gasteiger partial charge in [0, 0.05) is 19.4 Å². The third-order valence-corrected chi connectivity index (χ3v) is 2.78. The van der Waals surface area contributed by atoms with Crippen LogP contribution in [-0.2, 0) is 11.2 Å². The molecule has 1 rings (SSSR count). The van der Waals surface area contributed by atoms with Crippen molar-refractivity contribution in [3.05, 3.63) is 29.6 Å². The van der Waals surface area contributed by atoms with Crippen LogP contribution in [0.25, 0.3) is 0 Å². The van der Waals surface area contributed by atoms with Gasteiger partial charge in [0.2, 0.25) is 0 Å². The highest BCUT2D eigenvalue weighted by atomic mass is 19.1. The van der Waals surface area contributed by atoms with Crippen LogP contribution in [0.3, 0.4) is 0 Å². The molecule has 4 heteroatoms. The first-order valence-electron chi connectivity index (χ1n) is 5.58. The summed E-state index contributed by atoms with van der Waals surface area (Å²) in [7, 11) is 3.00. The quantitative estimate of drug-likeness (QED) is 0.829. The van der Waals surface area contributed by atoms with Gasteiger partial charge in [-0.05, 0) is 11.6 Å². The fraction of sp³-hybridized carbons (Fsp3) is 0.538. The van der Waals surface area contributed by atoms with Crippen LogP contribution in [0.5, 0.6) is 5.75 Å². The summed E-state index contributed by atoms with van der Waals surface area (Å²) in [6, 6.07) is 4.93. The summed E-state index contributed by atoms with van der Waals surface area (Å²) in [5.74, 6) is -0.238. The molecule has 1 aromatic carbocycles. The van der Waals surface area contributed by atoms with E-state index in [9.17, 15) is 9.50 Å². The summed E-state index contributed by atoms with van der Waals surface area (Å²) >= 11 is 0. The monoisotopic (exact) mass is 242 g/mol. The lowest BCUT2D eigenvalue weighted by molar-refractivity contribution is 0.0569. The molecule has 1 N–H and O–H groups in total. The van der Waals surface area contributed by atoms with Crippen LogP contribution in [0.2, 0.25) is 0 Å². The van der Waals surface area contributed by atoms with Crippen LogP contribution in [0.4, 0.5) is 4.39 Å². The van der Waals surface area contributed by atoms with Crippen molar-refractivity contribution in [3.8, 4) is 5.75 Å². The molecule has 1 aromatic rings. The molecule has 0 aliphatic rings. The molecule has 96 valence electrons. The van der Waals surface area contributed by atoms with Gasteiger partial charge in [0.25, 0.3) is 0 Å². The van der Waals surface area contributed by atoms with Crippen molar-refractivity contribution in [2.75, 3.05) is 20.8 Å². The summed E-state index contributed by atoms with van der Waals surface area (Å²) in [5, 5.41) is 9.90. The number of hydrogen-bond acceptors (Lipinski definition) is 3. The van der Waals surface area contributed by atoms with Gasteiger partial charge in [-0.3, -0.25) is 0 Å². The zero-order valence-corrected chi connectivity index (χ0v) is 10.4. The van der Waals surface area contributed by atoms with E-state index < -0.39 is 11.9 Å². The van der Waals surface area contributed by atoms with Gasteiger partial charge in [-0.25, -0.2) is 4.39 Å². The van der Waals surface area contributed by atoms with Crippen molar-refractivity contribution in [2.24, 2.45) is 5.92 Å². The molecular weight excluding hydrogens is 223 g/mol. The van der Waals surface area contributed by atoms with Crippen LogP contribution >= 0.6 is 0 Å². The summed E-state index contributed by atoms with van der Waals surface area (Å²) in [6.07, 6.45) is -0.371. The molecule has 0 spiro atoms. The zero-order chi connectivity index (χ0) is 12.8. The largest absolute Gasteiger partial charge is 0.494 e. The van der Waals surface area contributed by atoms with Crippen LogP contribution in [0, 0.1) is 11.7 Å². The summed E-state index contributed by atoms with van der Waals surface area (Å²) in [6.45, 7) is 2.32. The van der Waals surface area contributed by atoms with E-state index in [4.69, 9.17) is 9.47 Å². The van der Waals surface area contributed by atoms with Crippen LogP contribution in [0.15, 0.2) is 18.2 Å². The molecule has 2 atom stereocenters. The molecule has 0 bridgehead atoms. The van der Waals surface area contributed by atoms with Gasteiger partial charge in [-0.2, -0.15) is 0 Å². The SMILES string of the molecule is COCC(C)C(O)Cc1cccc(OC)c1F. The van der Waals surface area contributed by atoms with Crippen LogP contribution in [-0.4, -0.2) is 32.0 Å². The maximum atomic E-state index is 13.8. The number of benzene rings is 1. The first-order chi connectivity index (χ1) is 8.10. The van der Waals surface area contributed by atoms with Gasteiger partial charge in [0.1, 0.15) is 0 Å². The number of hydrogen-bond donors (Lipinski definition) is 1. The molecule has 0 saturated heterocycles. The molecule has 0 heterocycles. The summed E-state index contributed by atoms with van der Waals surface area (Å²) in [5.41, 5.74) is 0.458. The molecule has 0 aromatic heterocycles. The van der Waals surface area contributed by atoms with E-state index in [0.29, 0.717) is 12.2 Å². The van der Waals surface area contributed by atoms with E-state index >= 15 is 0 Å². The summed E-state index contributed by atoms with van der Waals surface area (Å²) < 4.78 is 23.7.